The summed E-state index contributed by atoms with van der Waals surface area (Å²) in [6.45, 7) is 3.23. The molecule has 0 saturated carbocycles. The van der Waals surface area contributed by atoms with Gasteiger partial charge in [-0.2, -0.15) is 0 Å². The summed E-state index contributed by atoms with van der Waals surface area (Å²) in [5, 5.41) is 4.91. The van der Waals surface area contributed by atoms with Gasteiger partial charge in [0.1, 0.15) is 0 Å². The lowest BCUT2D eigenvalue weighted by atomic mass is 9.90. The molecule has 2 aromatic carbocycles. The average Bonchev–Trinajstić information content (AvgIpc) is 2.96. The van der Waals surface area contributed by atoms with Gasteiger partial charge in [0, 0.05) is 23.6 Å². The van der Waals surface area contributed by atoms with Gasteiger partial charge in [0.25, 0.3) is 0 Å². The van der Waals surface area contributed by atoms with Crippen LogP contribution in [0, 0.1) is 0 Å². The van der Waals surface area contributed by atoms with E-state index in [1.165, 1.54) is 34.9 Å². The second-order valence-corrected chi connectivity index (χ2v) is 6.24. The molecule has 1 fully saturated rings. The second-order valence-electron chi connectivity index (χ2n) is 6.24. The van der Waals surface area contributed by atoms with Crippen molar-refractivity contribution in [2.24, 2.45) is 0 Å². The SMILES string of the molecule is c1ccc(Cn2cc(C3CCNCC3)c3ccccc32)cc1. The van der Waals surface area contributed by atoms with Crippen LogP contribution in [0.5, 0.6) is 0 Å². The third-order valence-electron chi connectivity index (χ3n) is 4.79. The Hall–Kier alpha value is -2.06. The molecule has 0 bridgehead atoms. The fourth-order valence-corrected chi connectivity index (χ4v) is 3.64. The summed E-state index contributed by atoms with van der Waals surface area (Å²) in [7, 11) is 0. The first kappa shape index (κ1) is 13.6. The Labute approximate surface area is 131 Å². The minimum absolute atomic E-state index is 0.697. The smallest absolute Gasteiger partial charge is 0.0486 e. The molecule has 1 aliphatic heterocycles. The maximum atomic E-state index is 3.47. The molecule has 22 heavy (non-hydrogen) atoms. The Morgan fingerprint density at radius 2 is 1.64 bits per heavy atom. The fourth-order valence-electron chi connectivity index (χ4n) is 3.64. The Balaban J connectivity index is 1.75. The summed E-state index contributed by atoms with van der Waals surface area (Å²) in [5.74, 6) is 0.697. The van der Waals surface area contributed by atoms with Crippen LogP contribution >= 0.6 is 0 Å². The van der Waals surface area contributed by atoms with Gasteiger partial charge in [-0.25, -0.2) is 0 Å². The lowest BCUT2D eigenvalue weighted by molar-refractivity contribution is 0.461. The number of rotatable bonds is 3. The lowest BCUT2D eigenvalue weighted by Gasteiger charge is -2.22. The molecular weight excluding hydrogens is 268 g/mol. The third-order valence-corrected chi connectivity index (χ3v) is 4.79. The van der Waals surface area contributed by atoms with Crippen molar-refractivity contribution in [1.82, 2.24) is 9.88 Å². The summed E-state index contributed by atoms with van der Waals surface area (Å²) in [6, 6.07) is 19.6. The van der Waals surface area contributed by atoms with Crippen molar-refractivity contribution < 1.29 is 0 Å². The first-order chi connectivity index (χ1) is 10.9. The first-order valence-electron chi connectivity index (χ1n) is 8.24. The molecule has 2 nitrogen and oxygen atoms in total. The van der Waals surface area contributed by atoms with Crippen LogP contribution in [0.25, 0.3) is 10.9 Å². The van der Waals surface area contributed by atoms with Crippen molar-refractivity contribution in [3.8, 4) is 0 Å². The number of nitrogens with one attached hydrogen (secondary N) is 1. The number of nitrogens with zero attached hydrogens (tertiary/aromatic N) is 1. The van der Waals surface area contributed by atoms with Crippen molar-refractivity contribution in [1.29, 1.82) is 0 Å². The number of hydrogen-bond acceptors (Lipinski definition) is 1. The van der Waals surface area contributed by atoms with Gasteiger partial charge in [-0.1, -0.05) is 48.5 Å². The molecule has 1 N–H and O–H groups in total. The Kier molecular flexibility index (Phi) is 3.69. The van der Waals surface area contributed by atoms with Crippen LogP contribution in [-0.2, 0) is 6.54 Å². The van der Waals surface area contributed by atoms with Gasteiger partial charge in [0.05, 0.1) is 0 Å². The lowest BCUT2D eigenvalue weighted by Crippen LogP contribution is -2.26. The summed E-state index contributed by atoms with van der Waals surface area (Å²) < 4.78 is 2.42. The molecule has 0 spiro atoms. The molecule has 0 unspecified atom stereocenters. The molecule has 0 aliphatic carbocycles. The number of hydrogen-bond donors (Lipinski definition) is 1. The van der Waals surface area contributed by atoms with Gasteiger partial charge in [-0.15, -0.1) is 0 Å². The van der Waals surface area contributed by atoms with Crippen molar-refractivity contribution in [3.63, 3.8) is 0 Å². The van der Waals surface area contributed by atoms with E-state index < -0.39 is 0 Å². The van der Waals surface area contributed by atoms with E-state index in [-0.39, 0.29) is 0 Å². The Morgan fingerprint density at radius 1 is 0.909 bits per heavy atom. The first-order valence-corrected chi connectivity index (χ1v) is 8.24. The van der Waals surface area contributed by atoms with Crippen LogP contribution in [0.2, 0.25) is 0 Å². The van der Waals surface area contributed by atoms with Gasteiger partial charge in [-0.05, 0) is 49.0 Å². The zero-order chi connectivity index (χ0) is 14.8. The van der Waals surface area contributed by atoms with Crippen LogP contribution in [0.1, 0.15) is 29.9 Å². The number of para-hydroxylation sites is 1. The Bertz CT molecular complexity index is 752. The molecule has 2 heterocycles. The minimum atomic E-state index is 0.697. The molecule has 112 valence electrons. The molecule has 1 aromatic heterocycles. The van der Waals surface area contributed by atoms with E-state index in [1.54, 1.807) is 0 Å². The van der Waals surface area contributed by atoms with Crippen molar-refractivity contribution >= 4 is 10.9 Å². The van der Waals surface area contributed by atoms with Gasteiger partial charge >= 0.3 is 0 Å². The maximum Gasteiger partial charge on any atom is 0.0486 e. The number of piperidine rings is 1. The highest BCUT2D eigenvalue weighted by Crippen LogP contribution is 2.33. The van der Waals surface area contributed by atoms with Crippen molar-refractivity contribution in [2.45, 2.75) is 25.3 Å². The van der Waals surface area contributed by atoms with Crippen molar-refractivity contribution in [2.75, 3.05) is 13.1 Å². The van der Waals surface area contributed by atoms with E-state index in [9.17, 15) is 0 Å². The van der Waals surface area contributed by atoms with Crippen LogP contribution < -0.4 is 5.32 Å². The number of aromatic nitrogens is 1. The summed E-state index contributed by atoms with van der Waals surface area (Å²) in [5.41, 5.74) is 4.26. The number of fused-ring (bicyclic) bond motifs is 1. The molecule has 4 rings (SSSR count). The highest BCUT2D eigenvalue weighted by Gasteiger charge is 2.19. The zero-order valence-corrected chi connectivity index (χ0v) is 12.8. The molecule has 0 amide bonds. The van der Waals surface area contributed by atoms with E-state index in [2.05, 4.69) is 70.7 Å². The van der Waals surface area contributed by atoms with Gasteiger partial charge in [0.2, 0.25) is 0 Å². The molecule has 1 saturated heterocycles. The summed E-state index contributed by atoms with van der Waals surface area (Å²) >= 11 is 0. The normalized spacial score (nSPS) is 16.2. The van der Waals surface area contributed by atoms with Crippen LogP contribution in [-0.4, -0.2) is 17.7 Å². The third kappa shape index (κ3) is 2.55. The van der Waals surface area contributed by atoms with Crippen LogP contribution in [0.15, 0.2) is 60.8 Å². The van der Waals surface area contributed by atoms with E-state index >= 15 is 0 Å². The predicted octanol–water partition coefficient (Wildman–Crippen LogP) is 4.16. The molecule has 2 heteroatoms. The molecular formula is C20H22N2. The Morgan fingerprint density at radius 3 is 2.45 bits per heavy atom. The number of benzene rings is 2. The zero-order valence-electron chi connectivity index (χ0n) is 12.8. The quantitative estimate of drug-likeness (QED) is 0.766. The second kappa shape index (κ2) is 5.98. The van der Waals surface area contributed by atoms with Gasteiger partial charge < -0.3 is 9.88 Å². The highest BCUT2D eigenvalue weighted by molar-refractivity contribution is 5.84. The van der Waals surface area contributed by atoms with Crippen LogP contribution in [0.4, 0.5) is 0 Å². The fraction of sp³-hybridized carbons (Fsp3) is 0.300. The highest BCUT2D eigenvalue weighted by atomic mass is 15.0. The van der Waals surface area contributed by atoms with E-state index in [4.69, 9.17) is 0 Å². The van der Waals surface area contributed by atoms with Crippen LogP contribution in [0.3, 0.4) is 0 Å². The van der Waals surface area contributed by atoms with E-state index in [1.807, 2.05) is 0 Å². The van der Waals surface area contributed by atoms with Gasteiger partial charge in [-0.3, -0.25) is 0 Å². The van der Waals surface area contributed by atoms with E-state index in [0.717, 1.165) is 19.6 Å². The molecule has 0 atom stereocenters. The van der Waals surface area contributed by atoms with Crippen molar-refractivity contribution in [3.05, 3.63) is 71.9 Å². The molecule has 0 radical (unpaired) electrons. The topological polar surface area (TPSA) is 17.0 Å². The monoisotopic (exact) mass is 290 g/mol. The minimum Gasteiger partial charge on any atom is -0.343 e. The van der Waals surface area contributed by atoms with Gasteiger partial charge in [0.15, 0.2) is 0 Å². The molecule has 3 aromatic rings. The standard InChI is InChI=1S/C20H22N2/c1-2-6-16(7-3-1)14-22-15-19(17-10-12-21-13-11-17)18-8-4-5-9-20(18)22/h1-9,15,17,21H,10-14H2. The maximum absolute atomic E-state index is 3.47. The average molecular weight is 290 g/mol. The molecule has 1 aliphatic rings. The predicted molar refractivity (Wildman–Crippen MR) is 92.3 cm³/mol. The largest absolute Gasteiger partial charge is 0.343 e. The summed E-state index contributed by atoms with van der Waals surface area (Å²) in [4.78, 5) is 0. The van der Waals surface area contributed by atoms with E-state index in [0.29, 0.717) is 5.92 Å². The summed E-state index contributed by atoms with van der Waals surface area (Å²) in [6.07, 6.45) is 4.90.